The third-order valence-corrected chi connectivity index (χ3v) is 5.57. The van der Waals surface area contributed by atoms with E-state index >= 15 is 0 Å². The highest BCUT2D eigenvalue weighted by molar-refractivity contribution is 8.18. The quantitative estimate of drug-likeness (QED) is 0.349. The molecule has 1 aliphatic rings. The van der Waals surface area contributed by atoms with Gasteiger partial charge in [-0.1, -0.05) is 41.9 Å². The van der Waals surface area contributed by atoms with E-state index in [0.717, 1.165) is 22.2 Å². The van der Waals surface area contributed by atoms with Crippen molar-refractivity contribution >= 4 is 46.6 Å². The summed E-state index contributed by atoms with van der Waals surface area (Å²) >= 11 is 7.22. The van der Waals surface area contributed by atoms with Crippen LogP contribution in [0.2, 0.25) is 5.02 Å². The molecule has 0 atom stereocenters. The molecule has 7 nitrogen and oxygen atoms in total. The third-order valence-electron chi connectivity index (χ3n) is 4.38. The number of hydrogen-bond donors (Lipinski definition) is 0. The van der Waals surface area contributed by atoms with Crippen LogP contribution < -0.4 is 9.47 Å². The molecule has 0 unspecified atom stereocenters. The van der Waals surface area contributed by atoms with Gasteiger partial charge >= 0.3 is 5.97 Å². The number of halogens is 1. The van der Waals surface area contributed by atoms with E-state index in [2.05, 4.69) is 0 Å². The zero-order valence-electron chi connectivity index (χ0n) is 18.5. The minimum absolute atomic E-state index is 0.175. The van der Waals surface area contributed by atoms with Crippen molar-refractivity contribution in [2.75, 3.05) is 13.2 Å². The van der Waals surface area contributed by atoms with Crippen LogP contribution in [0.5, 0.6) is 11.5 Å². The number of thioether (sulfide) groups is 1. The molecule has 0 radical (unpaired) electrons. The Balaban J connectivity index is 1.80. The van der Waals surface area contributed by atoms with Crippen LogP contribution in [0.15, 0.2) is 47.4 Å². The van der Waals surface area contributed by atoms with Gasteiger partial charge in [0.2, 0.25) is 0 Å². The normalized spacial score (nSPS) is 14.8. The fraction of sp³-hybridized carbons (Fsp3) is 0.292. The van der Waals surface area contributed by atoms with Gasteiger partial charge in [-0.2, -0.15) is 0 Å². The van der Waals surface area contributed by atoms with Crippen molar-refractivity contribution in [3.8, 4) is 11.5 Å². The second-order valence-corrected chi connectivity index (χ2v) is 8.74. The molecule has 2 amide bonds. The van der Waals surface area contributed by atoms with Crippen molar-refractivity contribution in [1.82, 2.24) is 4.90 Å². The van der Waals surface area contributed by atoms with Gasteiger partial charge in [0, 0.05) is 0 Å². The van der Waals surface area contributed by atoms with E-state index in [0.29, 0.717) is 35.3 Å². The summed E-state index contributed by atoms with van der Waals surface area (Å²) < 4.78 is 16.6. The van der Waals surface area contributed by atoms with Gasteiger partial charge in [-0.05, 0) is 61.9 Å². The second-order valence-electron chi connectivity index (χ2n) is 7.34. The van der Waals surface area contributed by atoms with Gasteiger partial charge in [-0.15, -0.1) is 0 Å². The first-order valence-corrected chi connectivity index (χ1v) is 11.6. The smallest absolute Gasteiger partial charge is 0.326 e. The number of nitrogens with zero attached hydrogens (tertiary/aromatic N) is 1. The first-order valence-electron chi connectivity index (χ1n) is 10.4. The van der Waals surface area contributed by atoms with Crippen LogP contribution >= 0.6 is 23.4 Å². The summed E-state index contributed by atoms with van der Waals surface area (Å²) in [6, 6.07) is 13.0. The van der Waals surface area contributed by atoms with Crippen LogP contribution in [0, 0.1) is 0 Å². The van der Waals surface area contributed by atoms with E-state index in [4.69, 9.17) is 25.8 Å². The van der Waals surface area contributed by atoms with Crippen molar-refractivity contribution in [2.24, 2.45) is 0 Å². The number of carbonyl (C=O) groups is 3. The van der Waals surface area contributed by atoms with Crippen LogP contribution in [0.4, 0.5) is 4.79 Å². The summed E-state index contributed by atoms with van der Waals surface area (Å²) in [5, 5.41) is -0.228. The van der Waals surface area contributed by atoms with Gasteiger partial charge < -0.3 is 14.2 Å². The summed E-state index contributed by atoms with van der Waals surface area (Å²) in [6.45, 7) is 5.49. The Bertz CT molecular complexity index is 1070. The topological polar surface area (TPSA) is 82.1 Å². The molecule has 33 heavy (non-hydrogen) atoms. The SMILES string of the molecule is CCOc1cc(/C=C2/SC(=O)N(CC(=O)OC(C)C)C2=O)cc(Cl)c1OCc1ccccc1. The Morgan fingerprint density at radius 1 is 1.15 bits per heavy atom. The Kier molecular flexibility index (Phi) is 8.41. The summed E-state index contributed by atoms with van der Waals surface area (Å²) in [6.07, 6.45) is 1.20. The zero-order valence-corrected chi connectivity index (χ0v) is 20.1. The van der Waals surface area contributed by atoms with Gasteiger partial charge in [-0.25, -0.2) is 0 Å². The Labute approximate surface area is 201 Å². The number of amides is 2. The lowest BCUT2D eigenvalue weighted by atomic mass is 10.1. The first kappa shape index (κ1) is 24.7. The summed E-state index contributed by atoms with van der Waals surface area (Å²) in [7, 11) is 0. The molecule has 1 fully saturated rings. The monoisotopic (exact) mass is 489 g/mol. The van der Waals surface area contributed by atoms with Crippen LogP contribution in [-0.2, 0) is 20.9 Å². The van der Waals surface area contributed by atoms with Crippen LogP contribution in [-0.4, -0.2) is 41.3 Å². The fourth-order valence-electron chi connectivity index (χ4n) is 3.02. The minimum atomic E-state index is -0.643. The average Bonchev–Trinajstić information content (AvgIpc) is 3.01. The standard InChI is InChI=1S/C24H24ClNO6S/c1-4-30-19-11-17(10-18(25)22(19)31-14-16-8-6-5-7-9-16)12-20-23(28)26(24(29)33-20)13-21(27)32-15(2)3/h5-12,15H,4,13-14H2,1-3H3/b20-12+. The van der Waals surface area contributed by atoms with Crippen LogP contribution in [0.25, 0.3) is 6.08 Å². The molecule has 1 saturated heterocycles. The molecule has 1 heterocycles. The van der Waals surface area contributed by atoms with Crippen molar-refractivity contribution in [3.05, 3.63) is 63.5 Å². The molecule has 0 aromatic heterocycles. The maximum Gasteiger partial charge on any atom is 0.326 e. The Hall–Kier alpha value is -2.97. The molecule has 0 saturated carbocycles. The van der Waals surface area contributed by atoms with E-state index < -0.39 is 23.7 Å². The van der Waals surface area contributed by atoms with Crippen molar-refractivity contribution in [1.29, 1.82) is 0 Å². The van der Waals surface area contributed by atoms with Gasteiger partial charge in [-0.3, -0.25) is 19.3 Å². The van der Waals surface area contributed by atoms with Crippen LogP contribution in [0.1, 0.15) is 31.9 Å². The second kappa shape index (κ2) is 11.2. The van der Waals surface area contributed by atoms with Crippen molar-refractivity contribution in [3.63, 3.8) is 0 Å². The van der Waals surface area contributed by atoms with E-state index in [1.807, 2.05) is 37.3 Å². The molecular weight excluding hydrogens is 466 g/mol. The highest BCUT2D eigenvalue weighted by Crippen LogP contribution is 2.39. The van der Waals surface area contributed by atoms with Gasteiger partial charge in [0.05, 0.1) is 22.6 Å². The predicted molar refractivity (Wildman–Crippen MR) is 127 cm³/mol. The van der Waals surface area contributed by atoms with Crippen molar-refractivity contribution < 1.29 is 28.6 Å². The molecule has 2 aromatic carbocycles. The van der Waals surface area contributed by atoms with Crippen molar-refractivity contribution in [2.45, 2.75) is 33.5 Å². The lowest BCUT2D eigenvalue weighted by molar-refractivity contribution is -0.149. The number of hydrogen-bond acceptors (Lipinski definition) is 7. The number of rotatable bonds is 9. The van der Waals surface area contributed by atoms with E-state index in [-0.39, 0.29) is 11.0 Å². The van der Waals surface area contributed by atoms with Gasteiger partial charge in [0.25, 0.3) is 11.1 Å². The molecule has 2 aromatic rings. The Morgan fingerprint density at radius 3 is 2.55 bits per heavy atom. The number of imide groups is 1. The summed E-state index contributed by atoms with van der Waals surface area (Å²) in [4.78, 5) is 37.9. The zero-order chi connectivity index (χ0) is 24.0. The predicted octanol–water partition coefficient (Wildman–Crippen LogP) is 5.31. The molecular formula is C24H24ClNO6S. The van der Waals surface area contributed by atoms with E-state index in [1.54, 1.807) is 26.0 Å². The molecule has 3 rings (SSSR count). The lowest BCUT2D eigenvalue weighted by Crippen LogP contribution is -2.35. The molecule has 0 spiro atoms. The van der Waals surface area contributed by atoms with Gasteiger partial charge in [0.15, 0.2) is 11.5 Å². The molecule has 174 valence electrons. The average molecular weight is 490 g/mol. The maximum absolute atomic E-state index is 12.7. The number of ether oxygens (including phenoxy) is 3. The summed E-state index contributed by atoms with van der Waals surface area (Å²) in [5.74, 6) is -0.393. The van der Waals surface area contributed by atoms with Gasteiger partial charge in [0.1, 0.15) is 13.2 Å². The number of benzene rings is 2. The highest BCUT2D eigenvalue weighted by atomic mass is 35.5. The summed E-state index contributed by atoms with van der Waals surface area (Å²) in [5.41, 5.74) is 1.54. The van der Waals surface area contributed by atoms with E-state index in [1.165, 1.54) is 6.08 Å². The Morgan fingerprint density at radius 2 is 1.88 bits per heavy atom. The fourth-order valence-corrected chi connectivity index (χ4v) is 4.13. The largest absolute Gasteiger partial charge is 0.490 e. The first-order chi connectivity index (χ1) is 15.8. The van der Waals surface area contributed by atoms with Crippen LogP contribution in [0.3, 0.4) is 0 Å². The molecule has 0 bridgehead atoms. The lowest BCUT2D eigenvalue weighted by Gasteiger charge is -2.15. The molecule has 0 N–H and O–H groups in total. The number of esters is 1. The molecule has 1 aliphatic heterocycles. The molecule has 9 heteroatoms. The third kappa shape index (κ3) is 6.52. The number of carbonyl (C=O) groups excluding carboxylic acids is 3. The van der Waals surface area contributed by atoms with E-state index in [9.17, 15) is 14.4 Å². The minimum Gasteiger partial charge on any atom is -0.490 e. The highest BCUT2D eigenvalue weighted by Gasteiger charge is 2.36. The maximum atomic E-state index is 12.7. The molecule has 0 aliphatic carbocycles.